The largest absolute Gasteiger partial charge is 0.399 e. The summed E-state index contributed by atoms with van der Waals surface area (Å²) in [6.45, 7) is 0. The fourth-order valence-corrected chi connectivity index (χ4v) is 7.02. The van der Waals surface area contributed by atoms with Crippen LogP contribution in [0.3, 0.4) is 0 Å². The number of rotatable bonds is 2. The molecular formula is C22H28N4. The highest BCUT2D eigenvalue weighted by atomic mass is 14.7. The summed E-state index contributed by atoms with van der Waals surface area (Å²) in [7, 11) is 0. The molecule has 0 saturated heterocycles. The molecule has 0 aliphatic heterocycles. The predicted molar refractivity (Wildman–Crippen MR) is 109 cm³/mol. The Morgan fingerprint density at radius 2 is 1.08 bits per heavy atom. The zero-order valence-electron chi connectivity index (χ0n) is 15.2. The van der Waals surface area contributed by atoms with E-state index in [-0.39, 0.29) is 10.8 Å². The second kappa shape index (κ2) is 5.09. The van der Waals surface area contributed by atoms with Gasteiger partial charge in [0.25, 0.3) is 0 Å². The minimum atomic E-state index is 0.162. The van der Waals surface area contributed by atoms with Crippen LogP contribution in [0, 0.1) is 11.8 Å². The molecule has 4 saturated carbocycles. The number of hydrogen-bond donors (Lipinski definition) is 4. The Kier molecular flexibility index (Phi) is 3.10. The van der Waals surface area contributed by atoms with Gasteiger partial charge < -0.3 is 22.9 Å². The van der Waals surface area contributed by atoms with Gasteiger partial charge in [0.15, 0.2) is 0 Å². The number of hydrogen-bond acceptors (Lipinski definition) is 4. The molecule has 0 heterocycles. The van der Waals surface area contributed by atoms with Crippen molar-refractivity contribution in [2.75, 3.05) is 22.9 Å². The van der Waals surface area contributed by atoms with Gasteiger partial charge in [0, 0.05) is 22.7 Å². The third kappa shape index (κ3) is 2.14. The van der Waals surface area contributed by atoms with Crippen molar-refractivity contribution in [2.45, 2.75) is 49.4 Å². The summed E-state index contributed by atoms with van der Waals surface area (Å²) in [6, 6.07) is 12.2. The van der Waals surface area contributed by atoms with E-state index in [1.807, 2.05) is 24.3 Å². The molecule has 6 rings (SSSR count). The average Bonchev–Trinajstić information content (AvgIpc) is 2.52. The van der Waals surface area contributed by atoms with E-state index in [1.165, 1.54) is 43.2 Å². The lowest BCUT2D eigenvalue weighted by Crippen LogP contribution is -2.56. The lowest BCUT2D eigenvalue weighted by atomic mass is 9.41. The maximum absolute atomic E-state index is 6.45. The topological polar surface area (TPSA) is 104 Å². The highest BCUT2D eigenvalue weighted by molar-refractivity contribution is 5.62. The highest BCUT2D eigenvalue weighted by Crippen LogP contribution is 2.67. The molecule has 8 N–H and O–H groups in total. The summed E-state index contributed by atoms with van der Waals surface area (Å²) < 4.78 is 0. The first kappa shape index (κ1) is 15.9. The van der Waals surface area contributed by atoms with E-state index in [4.69, 9.17) is 22.9 Å². The van der Waals surface area contributed by atoms with Crippen LogP contribution in [0.25, 0.3) is 0 Å². The molecule has 4 aliphatic rings. The van der Waals surface area contributed by atoms with Crippen molar-refractivity contribution in [3.8, 4) is 0 Å². The van der Waals surface area contributed by atoms with E-state index >= 15 is 0 Å². The van der Waals surface area contributed by atoms with E-state index in [1.54, 1.807) is 0 Å². The Balaban J connectivity index is 1.64. The molecule has 4 nitrogen and oxygen atoms in total. The Bertz CT molecular complexity index is 804. The molecular weight excluding hydrogens is 320 g/mol. The normalized spacial score (nSPS) is 34.9. The van der Waals surface area contributed by atoms with Crippen molar-refractivity contribution in [3.05, 3.63) is 47.5 Å². The molecule has 2 aromatic carbocycles. The SMILES string of the molecule is Nc1ccc(C23CC4CC(C2)CC(c2ccc(N)cc2N)(C4)C3)c(N)c1. The Morgan fingerprint density at radius 1 is 0.654 bits per heavy atom. The van der Waals surface area contributed by atoms with Gasteiger partial charge >= 0.3 is 0 Å². The molecule has 26 heavy (non-hydrogen) atoms. The molecule has 136 valence electrons. The average molecular weight is 348 g/mol. The molecule has 2 aromatic rings. The summed E-state index contributed by atoms with van der Waals surface area (Å²) >= 11 is 0. The van der Waals surface area contributed by atoms with Crippen LogP contribution in [0.5, 0.6) is 0 Å². The number of nitrogen functional groups attached to an aromatic ring is 4. The van der Waals surface area contributed by atoms with Crippen molar-refractivity contribution in [2.24, 2.45) is 11.8 Å². The molecule has 0 amide bonds. The van der Waals surface area contributed by atoms with E-state index in [0.29, 0.717) is 0 Å². The van der Waals surface area contributed by atoms with Gasteiger partial charge in [-0.05, 0) is 96.6 Å². The van der Waals surface area contributed by atoms with Gasteiger partial charge in [0.2, 0.25) is 0 Å². The molecule has 4 fully saturated rings. The summed E-state index contributed by atoms with van der Waals surface area (Å²) in [5.74, 6) is 1.51. The molecule has 0 radical (unpaired) electrons. The molecule has 4 heteroatoms. The van der Waals surface area contributed by atoms with Gasteiger partial charge in [-0.3, -0.25) is 0 Å². The smallest absolute Gasteiger partial charge is 0.0372 e. The fourth-order valence-electron chi connectivity index (χ4n) is 7.02. The number of benzene rings is 2. The van der Waals surface area contributed by atoms with E-state index in [9.17, 15) is 0 Å². The standard InChI is InChI=1S/C22H28N4/c23-15-1-3-17(19(25)6-15)21-8-13-5-14(9-21)11-22(10-13,12-21)18-4-2-16(24)7-20(18)26/h1-4,6-7,13-14H,5,8-12,23-26H2. The van der Waals surface area contributed by atoms with Crippen LogP contribution in [-0.2, 0) is 10.8 Å². The third-order valence-corrected chi connectivity index (χ3v) is 7.36. The first-order valence-electron chi connectivity index (χ1n) is 9.70. The monoisotopic (exact) mass is 348 g/mol. The summed E-state index contributed by atoms with van der Waals surface area (Å²) in [4.78, 5) is 0. The third-order valence-electron chi connectivity index (χ3n) is 7.36. The lowest BCUT2D eigenvalue weighted by Gasteiger charge is -2.63. The summed E-state index contributed by atoms with van der Waals surface area (Å²) in [5, 5.41) is 0. The van der Waals surface area contributed by atoms with Crippen LogP contribution in [-0.4, -0.2) is 0 Å². The lowest BCUT2D eigenvalue weighted by molar-refractivity contribution is -0.0274. The van der Waals surface area contributed by atoms with Gasteiger partial charge in [-0.2, -0.15) is 0 Å². The first-order chi connectivity index (χ1) is 12.4. The van der Waals surface area contributed by atoms with Crippen LogP contribution in [0.1, 0.15) is 49.7 Å². The second-order valence-corrected chi connectivity index (χ2v) is 9.22. The van der Waals surface area contributed by atoms with Crippen LogP contribution >= 0.6 is 0 Å². The van der Waals surface area contributed by atoms with Gasteiger partial charge in [0.05, 0.1) is 0 Å². The maximum Gasteiger partial charge on any atom is 0.0372 e. The van der Waals surface area contributed by atoms with Crippen molar-refractivity contribution < 1.29 is 0 Å². The highest BCUT2D eigenvalue weighted by Gasteiger charge is 2.59. The van der Waals surface area contributed by atoms with Crippen molar-refractivity contribution in [3.63, 3.8) is 0 Å². The molecule has 0 spiro atoms. The van der Waals surface area contributed by atoms with Crippen LogP contribution in [0.4, 0.5) is 22.7 Å². The van der Waals surface area contributed by atoms with Crippen LogP contribution in [0.2, 0.25) is 0 Å². The number of nitrogens with two attached hydrogens (primary N) is 4. The molecule has 4 aliphatic carbocycles. The first-order valence-corrected chi connectivity index (χ1v) is 9.70. The summed E-state index contributed by atoms with van der Waals surface area (Å²) in [5.41, 5.74) is 31.0. The Hall–Kier alpha value is -2.36. The minimum absolute atomic E-state index is 0.162. The Morgan fingerprint density at radius 3 is 1.46 bits per heavy atom. The van der Waals surface area contributed by atoms with Crippen molar-refractivity contribution in [1.82, 2.24) is 0 Å². The molecule has 0 unspecified atom stereocenters. The molecule has 0 atom stereocenters. The zero-order valence-corrected chi connectivity index (χ0v) is 15.2. The second-order valence-electron chi connectivity index (χ2n) is 9.22. The fraction of sp³-hybridized carbons (Fsp3) is 0.455. The minimum Gasteiger partial charge on any atom is -0.399 e. The molecule has 0 aromatic heterocycles. The summed E-state index contributed by atoms with van der Waals surface area (Å²) in [6.07, 6.45) is 7.47. The zero-order chi connectivity index (χ0) is 18.1. The van der Waals surface area contributed by atoms with E-state index < -0.39 is 0 Å². The van der Waals surface area contributed by atoms with Crippen molar-refractivity contribution in [1.29, 1.82) is 0 Å². The molecule has 4 bridgehead atoms. The van der Waals surface area contributed by atoms with Crippen molar-refractivity contribution >= 4 is 22.7 Å². The maximum atomic E-state index is 6.45. The quantitative estimate of drug-likeness (QED) is 0.620. The van der Waals surface area contributed by atoms with Gasteiger partial charge in [-0.15, -0.1) is 0 Å². The van der Waals surface area contributed by atoms with Gasteiger partial charge in [-0.1, -0.05) is 12.1 Å². The van der Waals surface area contributed by atoms with Gasteiger partial charge in [-0.25, -0.2) is 0 Å². The van der Waals surface area contributed by atoms with Crippen LogP contribution in [0.15, 0.2) is 36.4 Å². The number of anilines is 4. The Labute approximate surface area is 154 Å². The van der Waals surface area contributed by atoms with E-state index in [2.05, 4.69) is 12.1 Å². The van der Waals surface area contributed by atoms with Gasteiger partial charge in [0.1, 0.15) is 0 Å². The van der Waals surface area contributed by atoms with E-state index in [0.717, 1.165) is 41.0 Å². The van der Waals surface area contributed by atoms with Crippen LogP contribution < -0.4 is 22.9 Å². The predicted octanol–water partition coefficient (Wildman–Crippen LogP) is 3.81.